The van der Waals surface area contributed by atoms with Gasteiger partial charge in [0.1, 0.15) is 12.1 Å². The van der Waals surface area contributed by atoms with E-state index >= 15 is 0 Å². The number of nitrogens with zero attached hydrogens (tertiary/aromatic N) is 3. The van der Waals surface area contributed by atoms with Crippen LogP contribution in [0, 0.1) is 10.1 Å². The van der Waals surface area contributed by atoms with Crippen LogP contribution in [0.25, 0.3) is 0 Å². The SMILES string of the molecule is C=CCN(Cc1ccc(Cl)s1)C(=O)CN1C(=O)NC(C)(c2ccc([N+](=O)[O-])cc2)C1=O. The highest BCUT2D eigenvalue weighted by molar-refractivity contribution is 7.16. The molecule has 11 heteroatoms. The van der Waals surface area contributed by atoms with Gasteiger partial charge in [0, 0.05) is 23.6 Å². The molecule has 4 amide bonds. The fourth-order valence-electron chi connectivity index (χ4n) is 3.22. The summed E-state index contributed by atoms with van der Waals surface area (Å²) >= 11 is 7.28. The van der Waals surface area contributed by atoms with Crippen molar-refractivity contribution in [2.24, 2.45) is 0 Å². The molecule has 9 nitrogen and oxygen atoms in total. The molecule has 1 aromatic carbocycles. The van der Waals surface area contributed by atoms with Gasteiger partial charge in [0.05, 0.1) is 15.8 Å². The molecule has 3 rings (SSSR count). The fourth-order valence-corrected chi connectivity index (χ4v) is 4.33. The van der Waals surface area contributed by atoms with E-state index in [0.29, 0.717) is 9.90 Å². The number of halogens is 1. The summed E-state index contributed by atoms with van der Waals surface area (Å²) < 4.78 is 0.592. The van der Waals surface area contributed by atoms with Crippen LogP contribution in [0.1, 0.15) is 17.4 Å². The normalized spacial score (nSPS) is 18.1. The predicted octanol–water partition coefficient (Wildman–Crippen LogP) is 3.29. The molecule has 1 fully saturated rings. The highest BCUT2D eigenvalue weighted by Crippen LogP contribution is 2.30. The first-order valence-corrected chi connectivity index (χ1v) is 10.4. The zero-order chi connectivity index (χ0) is 22.8. The molecule has 0 spiro atoms. The molecule has 0 aliphatic carbocycles. The van der Waals surface area contributed by atoms with Crippen molar-refractivity contribution in [3.8, 4) is 0 Å². The first-order valence-electron chi connectivity index (χ1n) is 9.17. The van der Waals surface area contributed by atoms with E-state index in [4.69, 9.17) is 11.6 Å². The van der Waals surface area contributed by atoms with Gasteiger partial charge in [-0.3, -0.25) is 24.6 Å². The average Bonchev–Trinajstić information content (AvgIpc) is 3.23. The Balaban J connectivity index is 1.76. The molecule has 31 heavy (non-hydrogen) atoms. The second kappa shape index (κ2) is 8.86. The van der Waals surface area contributed by atoms with Crippen molar-refractivity contribution in [1.82, 2.24) is 15.1 Å². The molecule has 1 atom stereocenters. The van der Waals surface area contributed by atoms with Crippen LogP contribution in [0.2, 0.25) is 4.34 Å². The van der Waals surface area contributed by atoms with Gasteiger partial charge in [0.15, 0.2) is 0 Å². The quantitative estimate of drug-likeness (QED) is 0.280. The highest BCUT2D eigenvalue weighted by atomic mass is 35.5. The minimum atomic E-state index is -1.43. The van der Waals surface area contributed by atoms with Crippen molar-refractivity contribution < 1.29 is 19.3 Å². The largest absolute Gasteiger partial charge is 0.332 e. The predicted molar refractivity (Wildman–Crippen MR) is 116 cm³/mol. The number of non-ortho nitro benzene ring substituents is 1. The molecule has 2 aromatic rings. The van der Waals surface area contributed by atoms with E-state index in [1.165, 1.54) is 47.4 Å². The summed E-state index contributed by atoms with van der Waals surface area (Å²) in [4.78, 5) is 51.9. The first kappa shape index (κ1) is 22.4. The third-order valence-corrected chi connectivity index (χ3v) is 6.12. The Morgan fingerprint density at radius 2 is 2.00 bits per heavy atom. The van der Waals surface area contributed by atoms with Crippen molar-refractivity contribution >= 4 is 46.5 Å². The lowest BCUT2D eigenvalue weighted by atomic mass is 9.92. The number of carbonyl (C=O) groups is 3. The van der Waals surface area contributed by atoms with Crippen LogP contribution in [-0.4, -0.2) is 45.7 Å². The number of hydrogen-bond donors (Lipinski definition) is 1. The smallest absolute Gasteiger partial charge is 0.325 e. The summed E-state index contributed by atoms with van der Waals surface area (Å²) in [6.07, 6.45) is 1.56. The Kier molecular flexibility index (Phi) is 6.42. The molecule has 1 aliphatic rings. The van der Waals surface area contributed by atoms with Crippen molar-refractivity contribution in [1.29, 1.82) is 0 Å². The number of nitro benzene ring substituents is 1. The molecule has 0 bridgehead atoms. The second-order valence-corrected chi connectivity index (χ2v) is 8.82. The molecule has 1 N–H and O–H groups in total. The van der Waals surface area contributed by atoms with Gasteiger partial charge in [-0.05, 0) is 36.8 Å². The van der Waals surface area contributed by atoms with Crippen LogP contribution in [0.5, 0.6) is 0 Å². The lowest BCUT2D eigenvalue weighted by molar-refractivity contribution is -0.384. The number of rotatable bonds is 8. The number of amides is 4. The molecular weight excluding hydrogens is 444 g/mol. The van der Waals surface area contributed by atoms with E-state index in [2.05, 4.69) is 11.9 Å². The van der Waals surface area contributed by atoms with E-state index in [9.17, 15) is 24.5 Å². The van der Waals surface area contributed by atoms with E-state index < -0.39 is 34.9 Å². The van der Waals surface area contributed by atoms with Crippen LogP contribution in [-0.2, 0) is 21.7 Å². The number of urea groups is 1. The fraction of sp³-hybridized carbons (Fsp3) is 0.250. The minimum absolute atomic E-state index is 0.134. The average molecular weight is 463 g/mol. The Morgan fingerprint density at radius 3 is 2.55 bits per heavy atom. The number of imide groups is 1. The van der Waals surface area contributed by atoms with E-state index in [0.717, 1.165) is 9.78 Å². The molecule has 1 saturated heterocycles. The zero-order valence-electron chi connectivity index (χ0n) is 16.5. The van der Waals surface area contributed by atoms with Crippen molar-refractivity contribution in [2.75, 3.05) is 13.1 Å². The van der Waals surface area contributed by atoms with Gasteiger partial charge >= 0.3 is 6.03 Å². The van der Waals surface area contributed by atoms with E-state index in [-0.39, 0.29) is 18.8 Å². The maximum Gasteiger partial charge on any atom is 0.325 e. The Hall–Kier alpha value is -3.24. The molecule has 1 aromatic heterocycles. The lowest BCUT2D eigenvalue weighted by Crippen LogP contribution is -2.44. The summed E-state index contributed by atoms with van der Waals surface area (Å²) in [6, 6.07) is 8.15. The lowest BCUT2D eigenvalue weighted by Gasteiger charge is -2.24. The van der Waals surface area contributed by atoms with Crippen LogP contribution < -0.4 is 5.32 Å². The summed E-state index contributed by atoms with van der Waals surface area (Å²) in [6.45, 7) is 5.20. The third kappa shape index (κ3) is 4.59. The molecule has 1 aliphatic heterocycles. The maximum atomic E-state index is 13.0. The summed E-state index contributed by atoms with van der Waals surface area (Å²) in [7, 11) is 0. The molecule has 0 radical (unpaired) electrons. The monoisotopic (exact) mass is 462 g/mol. The minimum Gasteiger partial charge on any atom is -0.332 e. The summed E-state index contributed by atoms with van der Waals surface area (Å²) in [5, 5.41) is 13.4. The molecule has 0 saturated carbocycles. The third-order valence-electron chi connectivity index (χ3n) is 4.90. The number of nitro groups is 1. The van der Waals surface area contributed by atoms with Crippen molar-refractivity contribution in [3.63, 3.8) is 0 Å². The standard InChI is InChI=1S/C20H19ClN4O5S/c1-3-10-23(11-15-8-9-16(21)31-15)17(26)12-24-18(27)20(2,22-19(24)28)13-4-6-14(7-5-13)25(29)30/h3-9H,1,10-12H2,2H3,(H,22,28). The Morgan fingerprint density at radius 1 is 1.32 bits per heavy atom. The highest BCUT2D eigenvalue weighted by Gasteiger charge is 2.49. The van der Waals surface area contributed by atoms with Crippen LogP contribution in [0.4, 0.5) is 10.5 Å². The van der Waals surface area contributed by atoms with Gasteiger partial charge in [0.25, 0.3) is 11.6 Å². The molecule has 2 heterocycles. The second-order valence-electron chi connectivity index (χ2n) is 7.02. The number of thiophene rings is 1. The number of carbonyl (C=O) groups excluding carboxylic acids is 3. The summed E-state index contributed by atoms with van der Waals surface area (Å²) in [5.41, 5.74) is -1.19. The molecular formula is C20H19ClN4O5S. The van der Waals surface area contributed by atoms with Crippen LogP contribution >= 0.6 is 22.9 Å². The number of nitrogens with one attached hydrogen (secondary N) is 1. The topological polar surface area (TPSA) is 113 Å². The van der Waals surface area contributed by atoms with Gasteiger partial charge in [0.2, 0.25) is 5.91 Å². The van der Waals surface area contributed by atoms with E-state index in [1.54, 1.807) is 18.2 Å². The van der Waals surface area contributed by atoms with Crippen molar-refractivity contribution in [2.45, 2.75) is 19.0 Å². The van der Waals surface area contributed by atoms with E-state index in [1.807, 2.05) is 0 Å². The Bertz CT molecular complexity index is 1050. The van der Waals surface area contributed by atoms with Gasteiger partial charge in [-0.15, -0.1) is 17.9 Å². The van der Waals surface area contributed by atoms with Gasteiger partial charge in [-0.2, -0.15) is 0 Å². The molecule has 162 valence electrons. The number of hydrogen-bond acceptors (Lipinski definition) is 6. The van der Waals surface area contributed by atoms with Gasteiger partial charge in [-0.1, -0.05) is 17.7 Å². The first-order chi connectivity index (χ1) is 14.7. The van der Waals surface area contributed by atoms with Crippen LogP contribution in [0.3, 0.4) is 0 Å². The van der Waals surface area contributed by atoms with Gasteiger partial charge < -0.3 is 10.2 Å². The maximum absolute atomic E-state index is 13.0. The summed E-state index contributed by atoms with van der Waals surface area (Å²) in [5.74, 6) is -1.04. The van der Waals surface area contributed by atoms with Crippen LogP contribution in [0.15, 0.2) is 49.1 Å². The number of benzene rings is 1. The molecule has 1 unspecified atom stereocenters. The van der Waals surface area contributed by atoms with Crippen molar-refractivity contribution in [3.05, 3.63) is 73.9 Å². The Labute approximate surface area is 187 Å². The van der Waals surface area contributed by atoms with Gasteiger partial charge in [-0.25, -0.2) is 4.79 Å². The zero-order valence-corrected chi connectivity index (χ0v) is 18.1.